The fraction of sp³-hybridized carbons (Fsp3) is 0.111. The van der Waals surface area contributed by atoms with E-state index in [4.69, 9.17) is 16.0 Å². The molecule has 2 amide bonds. The van der Waals surface area contributed by atoms with Gasteiger partial charge in [0, 0.05) is 23.0 Å². The number of furan rings is 1. The lowest BCUT2D eigenvalue weighted by atomic mass is 10.2. The fourth-order valence-corrected chi connectivity index (χ4v) is 3.22. The molecule has 5 nitrogen and oxygen atoms in total. The minimum absolute atomic E-state index is 0.169. The largest absolute Gasteiger partial charge is 0.459 e. The standard InChI is InChI=1S/C18H15ClN2O3S/c19-13-5-3-12(4-6-13)15-7-8-16(25-15)18(23)21-10-9-20-17(22)14-2-1-11-24-14/h1-8,11H,9-10H2,(H,20,22)(H,21,23). The van der Waals surface area contributed by atoms with Gasteiger partial charge in [-0.3, -0.25) is 9.59 Å². The molecule has 1 aromatic carbocycles. The van der Waals surface area contributed by atoms with Gasteiger partial charge in [0.15, 0.2) is 5.76 Å². The molecule has 25 heavy (non-hydrogen) atoms. The molecule has 0 unspecified atom stereocenters. The van der Waals surface area contributed by atoms with Crippen LogP contribution < -0.4 is 10.6 Å². The first-order valence-corrected chi connectivity index (χ1v) is 8.78. The summed E-state index contributed by atoms with van der Waals surface area (Å²) in [4.78, 5) is 25.5. The van der Waals surface area contributed by atoms with Gasteiger partial charge in [0.1, 0.15) is 0 Å². The van der Waals surface area contributed by atoms with Crippen LogP contribution in [0.3, 0.4) is 0 Å². The van der Waals surface area contributed by atoms with Crippen molar-refractivity contribution in [1.82, 2.24) is 10.6 Å². The van der Waals surface area contributed by atoms with Gasteiger partial charge in [-0.1, -0.05) is 23.7 Å². The Hall–Kier alpha value is -2.57. The van der Waals surface area contributed by atoms with E-state index in [1.807, 2.05) is 30.3 Å². The monoisotopic (exact) mass is 374 g/mol. The molecule has 2 aromatic heterocycles. The molecule has 0 bridgehead atoms. The molecule has 0 aliphatic heterocycles. The van der Waals surface area contributed by atoms with Crippen LogP contribution in [0.4, 0.5) is 0 Å². The number of hydrogen-bond donors (Lipinski definition) is 2. The Morgan fingerprint density at radius 1 is 0.960 bits per heavy atom. The zero-order valence-corrected chi connectivity index (χ0v) is 14.7. The van der Waals surface area contributed by atoms with Gasteiger partial charge >= 0.3 is 0 Å². The zero-order valence-electron chi connectivity index (χ0n) is 13.1. The predicted molar refractivity (Wildman–Crippen MR) is 98.1 cm³/mol. The van der Waals surface area contributed by atoms with Gasteiger partial charge in [-0.25, -0.2) is 0 Å². The molecule has 0 aliphatic rings. The van der Waals surface area contributed by atoms with Crippen LogP contribution in [0.25, 0.3) is 10.4 Å². The average Bonchev–Trinajstić information content (AvgIpc) is 3.30. The Kier molecular flexibility index (Phi) is 5.53. The van der Waals surface area contributed by atoms with Crippen molar-refractivity contribution in [3.63, 3.8) is 0 Å². The summed E-state index contributed by atoms with van der Waals surface area (Å²) < 4.78 is 4.99. The molecule has 0 fully saturated rings. The highest BCUT2D eigenvalue weighted by molar-refractivity contribution is 7.17. The van der Waals surface area contributed by atoms with E-state index in [-0.39, 0.29) is 17.6 Å². The van der Waals surface area contributed by atoms with Crippen molar-refractivity contribution in [2.45, 2.75) is 0 Å². The fourth-order valence-electron chi connectivity index (χ4n) is 2.16. The Morgan fingerprint density at radius 3 is 2.36 bits per heavy atom. The Balaban J connectivity index is 1.49. The third-order valence-corrected chi connectivity index (χ3v) is 4.78. The number of carbonyl (C=O) groups excluding carboxylic acids is 2. The van der Waals surface area contributed by atoms with E-state index < -0.39 is 0 Å². The molecule has 0 saturated carbocycles. The summed E-state index contributed by atoms with van der Waals surface area (Å²) >= 11 is 7.29. The number of benzene rings is 1. The number of halogens is 1. The third kappa shape index (κ3) is 4.49. The van der Waals surface area contributed by atoms with E-state index >= 15 is 0 Å². The molecule has 128 valence electrons. The SMILES string of the molecule is O=C(NCCNC(=O)c1ccc(-c2ccc(Cl)cc2)s1)c1ccco1. The topological polar surface area (TPSA) is 71.3 Å². The van der Waals surface area contributed by atoms with Crippen LogP contribution in [-0.2, 0) is 0 Å². The van der Waals surface area contributed by atoms with Gasteiger partial charge in [0.2, 0.25) is 0 Å². The highest BCUT2D eigenvalue weighted by Crippen LogP contribution is 2.28. The zero-order chi connectivity index (χ0) is 17.6. The smallest absolute Gasteiger partial charge is 0.287 e. The van der Waals surface area contributed by atoms with E-state index in [1.54, 1.807) is 18.2 Å². The first kappa shape index (κ1) is 17.3. The maximum Gasteiger partial charge on any atom is 0.287 e. The van der Waals surface area contributed by atoms with Crippen LogP contribution in [0.5, 0.6) is 0 Å². The second-order valence-electron chi connectivity index (χ2n) is 5.16. The van der Waals surface area contributed by atoms with Gasteiger partial charge in [0.25, 0.3) is 11.8 Å². The van der Waals surface area contributed by atoms with Crippen LogP contribution >= 0.6 is 22.9 Å². The number of amides is 2. The summed E-state index contributed by atoms with van der Waals surface area (Å²) in [6, 6.07) is 14.4. The molecule has 2 heterocycles. The Morgan fingerprint density at radius 2 is 1.68 bits per heavy atom. The number of hydrogen-bond acceptors (Lipinski definition) is 4. The molecule has 0 atom stereocenters. The highest BCUT2D eigenvalue weighted by Gasteiger charge is 2.11. The molecule has 0 aliphatic carbocycles. The van der Waals surface area contributed by atoms with E-state index in [2.05, 4.69) is 10.6 Å². The average molecular weight is 375 g/mol. The molecule has 0 spiro atoms. The first-order valence-electron chi connectivity index (χ1n) is 7.59. The Labute approximate surface area is 153 Å². The first-order chi connectivity index (χ1) is 12.1. The molecular weight excluding hydrogens is 360 g/mol. The lowest BCUT2D eigenvalue weighted by Crippen LogP contribution is -2.34. The van der Waals surface area contributed by atoms with Crippen LogP contribution in [0.1, 0.15) is 20.2 Å². The normalized spacial score (nSPS) is 10.4. The van der Waals surface area contributed by atoms with E-state index in [9.17, 15) is 9.59 Å². The summed E-state index contributed by atoms with van der Waals surface area (Å²) in [5, 5.41) is 6.13. The second kappa shape index (κ2) is 8.00. The quantitative estimate of drug-likeness (QED) is 0.644. The van der Waals surface area contributed by atoms with Crippen molar-refractivity contribution >= 4 is 34.8 Å². The van der Waals surface area contributed by atoms with Gasteiger partial charge in [-0.2, -0.15) is 0 Å². The number of rotatable bonds is 6. The summed E-state index contributed by atoms with van der Waals surface area (Å²) in [5.74, 6) is -0.227. The van der Waals surface area contributed by atoms with E-state index in [0.29, 0.717) is 23.0 Å². The number of thiophene rings is 1. The molecule has 3 aromatic rings. The Bertz CT molecular complexity index is 857. The second-order valence-corrected chi connectivity index (χ2v) is 6.68. The lowest BCUT2D eigenvalue weighted by Gasteiger charge is -2.05. The van der Waals surface area contributed by atoms with Crippen molar-refractivity contribution in [3.8, 4) is 10.4 Å². The molecule has 7 heteroatoms. The summed E-state index contributed by atoms with van der Waals surface area (Å²) in [6.45, 7) is 0.653. The van der Waals surface area contributed by atoms with Gasteiger partial charge in [0.05, 0.1) is 11.1 Å². The highest BCUT2D eigenvalue weighted by atomic mass is 35.5. The molecule has 2 N–H and O–H groups in total. The minimum atomic E-state index is -0.305. The van der Waals surface area contributed by atoms with Crippen molar-refractivity contribution in [3.05, 3.63) is 70.5 Å². The van der Waals surface area contributed by atoms with Crippen molar-refractivity contribution in [2.24, 2.45) is 0 Å². The predicted octanol–water partition coefficient (Wildman–Crippen LogP) is 3.82. The summed E-state index contributed by atoms with van der Waals surface area (Å²) in [5.41, 5.74) is 1.01. The molecular formula is C18H15ClN2O3S. The van der Waals surface area contributed by atoms with Gasteiger partial charge in [-0.05, 0) is 42.0 Å². The summed E-state index contributed by atoms with van der Waals surface area (Å²) in [7, 11) is 0. The van der Waals surface area contributed by atoms with E-state index in [1.165, 1.54) is 17.6 Å². The van der Waals surface area contributed by atoms with Crippen LogP contribution in [-0.4, -0.2) is 24.9 Å². The van der Waals surface area contributed by atoms with Gasteiger partial charge < -0.3 is 15.1 Å². The minimum Gasteiger partial charge on any atom is -0.459 e. The maximum atomic E-state index is 12.2. The maximum absolute atomic E-state index is 12.2. The van der Waals surface area contributed by atoms with Gasteiger partial charge in [-0.15, -0.1) is 11.3 Å². The van der Waals surface area contributed by atoms with Crippen LogP contribution in [0.2, 0.25) is 5.02 Å². The van der Waals surface area contributed by atoms with Crippen LogP contribution in [0, 0.1) is 0 Å². The molecule has 0 saturated heterocycles. The summed E-state index contributed by atoms with van der Waals surface area (Å²) in [6.07, 6.45) is 1.44. The number of nitrogens with one attached hydrogen (secondary N) is 2. The van der Waals surface area contributed by atoms with E-state index in [0.717, 1.165) is 10.4 Å². The molecule has 3 rings (SSSR count). The molecule has 0 radical (unpaired) electrons. The van der Waals surface area contributed by atoms with Crippen LogP contribution in [0.15, 0.2) is 59.2 Å². The lowest BCUT2D eigenvalue weighted by molar-refractivity contribution is 0.0911. The van der Waals surface area contributed by atoms with Crippen molar-refractivity contribution in [1.29, 1.82) is 0 Å². The van der Waals surface area contributed by atoms with Crippen molar-refractivity contribution in [2.75, 3.05) is 13.1 Å². The third-order valence-electron chi connectivity index (χ3n) is 3.40. The number of carbonyl (C=O) groups is 2. The van der Waals surface area contributed by atoms with Crippen molar-refractivity contribution < 1.29 is 14.0 Å².